The van der Waals surface area contributed by atoms with Crippen LogP contribution in [0.4, 0.5) is 5.82 Å². The number of carbonyl (C=O) groups is 1. The molecule has 1 aromatic rings. The molecular weight excluding hydrogens is 302 g/mol. The Bertz CT molecular complexity index is 565. The number of pyridine rings is 1. The fourth-order valence-corrected chi connectivity index (χ4v) is 2.24. The van der Waals surface area contributed by atoms with Gasteiger partial charge in [-0.15, -0.1) is 0 Å². The number of anilines is 1. The summed E-state index contributed by atoms with van der Waals surface area (Å²) >= 11 is 3.21. The molecule has 1 saturated heterocycles. The van der Waals surface area contributed by atoms with Crippen LogP contribution in [-0.2, 0) is 9.53 Å². The van der Waals surface area contributed by atoms with Crippen LogP contribution in [0.1, 0.15) is 0 Å². The SMILES string of the molecule is N#CC1(C2Oc3ccc(Br)nc3NC2=O)COC1. The lowest BCUT2D eigenvalue weighted by molar-refractivity contribution is -0.154. The van der Waals surface area contributed by atoms with Crippen LogP contribution in [0.2, 0.25) is 0 Å². The minimum atomic E-state index is -0.894. The molecule has 1 unspecified atom stereocenters. The van der Waals surface area contributed by atoms with E-state index in [2.05, 4.69) is 32.3 Å². The second-order valence-electron chi connectivity index (χ2n) is 4.23. The van der Waals surface area contributed by atoms with Crippen LogP contribution in [0.15, 0.2) is 16.7 Å². The predicted octanol–water partition coefficient (Wildman–Crippen LogP) is 1.08. The highest BCUT2D eigenvalue weighted by Gasteiger charge is 2.53. The summed E-state index contributed by atoms with van der Waals surface area (Å²) in [4.78, 5) is 16.1. The van der Waals surface area contributed by atoms with Crippen LogP contribution >= 0.6 is 15.9 Å². The van der Waals surface area contributed by atoms with Gasteiger partial charge in [0.15, 0.2) is 11.6 Å². The molecule has 0 aliphatic carbocycles. The van der Waals surface area contributed by atoms with Gasteiger partial charge in [-0.1, -0.05) is 0 Å². The Morgan fingerprint density at radius 3 is 2.94 bits per heavy atom. The van der Waals surface area contributed by atoms with Crippen molar-refractivity contribution in [3.05, 3.63) is 16.7 Å². The zero-order chi connectivity index (χ0) is 12.8. The first-order valence-electron chi connectivity index (χ1n) is 5.28. The van der Waals surface area contributed by atoms with Gasteiger partial charge >= 0.3 is 0 Å². The van der Waals surface area contributed by atoms with Gasteiger partial charge < -0.3 is 14.8 Å². The van der Waals surface area contributed by atoms with Crippen molar-refractivity contribution >= 4 is 27.7 Å². The topological polar surface area (TPSA) is 84.2 Å². The van der Waals surface area contributed by atoms with E-state index in [1.165, 1.54) is 0 Å². The van der Waals surface area contributed by atoms with Crippen molar-refractivity contribution in [2.75, 3.05) is 18.5 Å². The maximum atomic E-state index is 12.0. The van der Waals surface area contributed by atoms with Crippen molar-refractivity contribution < 1.29 is 14.3 Å². The summed E-state index contributed by atoms with van der Waals surface area (Å²) in [5, 5.41) is 11.8. The Morgan fingerprint density at radius 1 is 1.56 bits per heavy atom. The van der Waals surface area contributed by atoms with Crippen LogP contribution in [0.5, 0.6) is 5.75 Å². The molecule has 1 amide bonds. The Morgan fingerprint density at radius 2 is 2.33 bits per heavy atom. The number of hydrogen-bond donors (Lipinski definition) is 1. The lowest BCUT2D eigenvalue weighted by Gasteiger charge is -2.41. The van der Waals surface area contributed by atoms with Gasteiger partial charge in [-0.25, -0.2) is 4.98 Å². The molecule has 0 saturated carbocycles. The first-order chi connectivity index (χ1) is 8.64. The number of halogens is 1. The van der Waals surface area contributed by atoms with Gasteiger partial charge in [-0.05, 0) is 28.1 Å². The number of aromatic nitrogens is 1. The van der Waals surface area contributed by atoms with Crippen LogP contribution in [0.25, 0.3) is 0 Å². The quantitative estimate of drug-likeness (QED) is 0.785. The van der Waals surface area contributed by atoms with Gasteiger partial charge in [-0.3, -0.25) is 4.79 Å². The molecule has 1 aromatic heterocycles. The first-order valence-corrected chi connectivity index (χ1v) is 6.07. The van der Waals surface area contributed by atoms with Crippen molar-refractivity contribution in [2.24, 2.45) is 5.41 Å². The molecular formula is C11H8BrN3O3. The molecule has 3 rings (SSSR count). The number of ether oxygens (including phenoxy) is 2. The Hall–Kier alpha value is -1.65. The summed E-state index contributed by atoms with van der Waals surface area (Å²) in [6.45, 7) is 0.418. The Kier molecular flexibility index (Phi) is 2.50. The summed E-state index contributed by atoms with van der Waals surface area (Å²) in [6, 6.07) is 5.53. The molecule has 18 heavy (non-hydrogen) atoms. The molecule has 0 aromatic carbocycles. The lowest BCUT2D eigenvalue weighted by atomic mass is 9.80. The van der Waals surface area contributed by atoms with Gasteiger partial charge in [0, 0.05) is 0 Å². The number of fused-ring (bicyclic) bond motifs is 1. The minimum absolute atomic E-state index is 0.209. The Balaban J connectivity index is 1.95. The smallest absolute Gasteiger partial charge is 0.268 e. The maximum absolute atomic E-state index is 12.0. The van der Waals surface area contributed by atoms with Crippen LogP contribution in [-0.4, -0.2) is 30.2 Å². The van der Waals surface area contributed by atoms with Gasteiger partial charge in [0.1, 0.15) is 10.0 Å². The number of nitrogens with zero attached hydrogens (tertiary/aromatic N) is 2. The van der Waals surface area contributed by atoms with Gasteiger partial charge in [0.2, 0.25) is 6.10 Å². The summed E-state index contributed by atoms with van der Waals surface area (Å²) in [7, 11) is 0. The molecule has 1 atom stereocenters. The molecule has 1 fully saturated rings. The highest BCUT2D eigenvalue weighted by molar-refractivity contribution is 9.10. The molecule has 2 aliphatic heterocycles. The lowest BCUT2D eigenvalue weighted by Crippen LogP contribution is -2.58. The molecule has 0 radical (unpaired) electrons. The number of rotatable bonds is 1. The molecule has 6 nitrogen and oxygen atoms in total. The summed E-state index contributed by atoms with van der Waals surface area (Å²) in [5.41, 5.74) is -0.894. The average Bonchev–Trinajstić information content (AvgIpc) is 2.29. The second-order valence-corrected chi connectivity index (χ2v) is 5.04. The fraction of sp³-hybridized carbons (Fsp3) is 0.364. The largest absolute Gasteiger partial charge is 0.475 e. The fourth-order valence-electron chi connectivity index (χ4n) is 1.93. The van der Waals surface area contributed by atoms with Crippen LogP contribution < -0.4 is 10.1 Å². The minimum Gasteiger partial charge on any atom is -0.475 e. The van der Waals surface area contributed by atoms with E-state index in [0.29, 0.717) is 16.2 Å². The zero-order valence-corrected chi connectivity index (χ0v) is 10.7. The summed E-state index contributed by atoms with van der Waals surface area (Å²) < 4.78 is 11.2. The van der Waals surface area contributed by atoms with Crippen LogP contribution in [0.3, 0.4) is 0 Å². The molecule has 92 valence electrons. The molecule has 0 bridgehead atoms. The van der Waals surface area contributed by atoms with Crippen LogP contribution in [0, 0.1) is 16.7 Å². The van der Waals surface area contributed by atoms with E-state index in [1.54, 1.807) is 12.1 Å². The van der Waals surface area contributed by atoms with Crippen molar-refractivity contribution in [3.63, 3.8) is 0 Å². The van der Waals surface area contributed by atoms with E-state index in [9.17, 15) is 10.1 Å². The van der Waals surface area contributed by atoms with E-state index < -0.39 is 11.5 Å². The average molecular weight is 310 g/mol. The van der Waals surface area contributed by atoms with Gasteiger partial charge in [0.25, 0.3) is 5.91 Å². The van der Waals surface area contributed by atoms with Crippen molar-refractivity contribution in [1.82, 2.24) is 4.98 Å². The van der Waals surface area contributed by atoms with E-state index in [4.69, 9.17) is 9.47 Å². The molecule has 7 heteroatoms. The third-order valence-corrected chi connectivity index (χ3v) is 3.43. The maximum Gasteiger partial charge on any atom is 0.268 e. The highest BCUT2D eigenvalue weighted by Crippen LogP contribution is 2.38. The third kappa shape index (κ3) is 1.57. The highest BCUT2D eigenvalue weighted by atomic mass is 79.9. The standard InChI is InChI=1S/C11H8BrN3O3/c12-7-2-1-6-9(14-7)15-10(16)8(18-6)11(3-13)4-17-5-11/h1-2,8H,4-5H2,(H,14,15,16). The summed E-state index contributed by atoms with van der Waals surface area (Å²) in [6.07, 6.45) is -0.855. The number of nitrogens with one attached hydrogen (secondary N) is 1. The number of amides is 1. The predicted molar refractivity (Wildman–Crippen MR) is 63.8 cm³/mol. The second kappa shape index (κ2) is 3.93. The monoisotopic (exact) mass is 309 g/mol. The van der Waals surface area contributed by atoms with E-state index in [0.717, 1.165) is 0 Å². The first kappa shape index (κ1) is 11.4. The third-order valence-electron chi connectivity index (χ3n) is 2.99. The Labute approximate surface area is 111 Å². The van der Waals surface area contributed by atoms with Crippen molar-refractivity contribution in [2.45, 2.75) is 6.10 Å². The molecule has 3 heterocycles. The zero-order valence-electron chi connectivity index (χ0n) is 9.14. The number of carbonyl (C=O) groups excluding carboxylic acids is 1. The molecule has 2 aliphatic rings. The van der Waals surface area contributed by atoms with E-state index in [-0.39, 0.29) is 19.1 Å². The van der Waals surface area contributed by atoms with E-state index in [1.807, 2.05) is 0 Å². The van der Waals surface area contributed by atoms with Gasteiger partial charge in [0.05, 0.1) is 19.3 Å². The number of hydrogen-bond acceptors (Lipinski definition) is 5. The van der Waals surface area contributed by atoms with E-state index >= 15 is 0 Å². The molecule has 0 spiro atoms. The van der Waals surface area contributed by atoms with Gasteiger partial charge in [-0.2, -0.15) is 5.26 Å². The summed E-state index contributed by atoms with van der Waals surface area (Å²) in [5.74, 6) is 0.459. The normalized spacial score (nSPS) is 24.0. The molecule has 1 N–H and O–H groups in total. The number of nitriles is 1. The van der Waals surface area contributed by atoms with Crippen molar-refractivity contribution in [1.29, 1.82) is 5.26 Å². The van der Waals surface area contributed by atoms with Crippen molar-refractivity contribution in [3.8, 4) is 11.8 Å².